The highest BCUT2D eigenvalue weighted by Crippen LogP contribution is 2.24. The van der Waals surface area contributed by atoms with Crippen molar-refractivity contribution < 1.29 is 14.7 Å². The average Bonchev–Trinajstić information content (AvgIpc) is 2.39. The normalized spacial score (nSPS) is 11.2. The minimum Gasteiger partial charge on any atom is -0.481 e. The third-order valence-electron chi connectivity index (χ3n) is 3.43. The molecule has 1 aromatic rings. The Morgan fingerprint density at radius 2 is 1.75 bits per heavy atom. The van der Waals surface area contributed by atoms with Gasteiger partial charge in [0.25, 0.3) is 0 Å². The SMILES string of the molecule is CCCCCC(=O)Nc1ccc(C(C)(C)C(=O)O)cc1. The second kappa shape index (κ2) is 7.08. The molecule has 1 aromatic carbocycles. The summed E-state index contributed by atoms with van der Waals surface area (Å²) < 4.78 is 0. The zero-order valence-electron chi connectivity index (χ0n) is 12.4. The number of carboxylic acid groups (broad SMARTS) is 1. The van der Waals surface area contributed by atoms with Crippen LogP contribution in [0.3, 0.4) is 0 Å². The molecule has 0 aliphatic heterocycles. The number of unbranched alkanes of at least 4 members (excludes halogenated alkanes) is 2. The van der Waals surface area contributed by atoms with Gasteiger partial charge in [0.1, 0.15) is 0 Å². The van der Waals surface area contributed by atoms with Crippen LogP contribution >= 0.6 is 0 Å². The van der Waals surface area contributed by atoms with Crippen molar-refractivity contribution in [3.05, 3.63) is 29.8 Å². The highest BCUT2D eigenvalue weighted by atomic mass is 16.4. The lowest BCUT2D eigenvalue weighted by atomic mass is 9.85. The van der Waals surface area contributed by atoms with Gasteiger partial charge in [0, 0.05) is 12.1 Å². The molecular formula is C16H23NO3. The van der Waals surface area contributed by atoms with Gasteiger partial charge in [-0.2, -0.15) is 0 Å². The number of aliphatic carboxylic acids is 1. The van der Waals surface area contributed by atoms with Crippen molar-refractivity contribution in [2.45, 2.75) is 51.9 Å². The van der Waals surface area contributed by atoms with Gasteiger partial charge in [-0.1, -0.05) is 31.9 Å². The number of benzene rings is 1. The van der Waals surface area contributed by atoms with Crippen molar-refractivity contribution in [2.24, 2.45) is 0 Å². The lowest BCUT2D eigenvalue weighted by Gasteiger charge is -2.19. The molecule has 110 valence electrons. The van der Waals surface area contributed by atoms with Crippen molar-refractivity contribution in [1.82, 2.24) is 0 Å². The molecule has 0 fully saturated rings. The fraction of sp³-hybridized carbons (Fsp3) is 0.500. The Kier molecular flexibility index (Phi) is 5.74. The fourth-order valence-electron chi connectivity index (χ4n) is 1.85. The quantitative estimate of drug-likeness (QED) is 0.749. The highest BCUT2D eigenvalue weighted by molar-refractivity contribution is 5.90. The van der Waals surface area contributed by atoms with Crippen molar-refractivity contribution in [2.75, 3.05) is 5.32 Å². The Bertz CT molecular complexity index is 463. The largest absolute Gasteiger partial charge is 0.481 e. The first kappa shape index (κ1) is 16.2. The summed E-state index contributed by atoms with van der Waals surface area (Å²) in [4.78, 5) is 22.8. The summed E-state index contributed by atoms with van der Waals surface area (Å²) in [6.07, 6.45) is 3.56. The summed E-state index contributed by atoms with van der Waals surface area (Å²) in [5.74, 6) is -0.863. The first-order chi connectivity index (χ1) is 9.37. The Morgan fingerprint density at radius 1 is 1.15 bits per heavy atom. The number of nitrogens with one attached hydrogen (secondary N) is 1. The predicted molar refractivity (Wildman–Crippen MR) is 79.9 cm³/mol. The van der Waals surface area contributed by atoms with Crippen LogP contribution in [0.5, 0.6) is 0 Å². The summed E-state index contributed by atoms with van der Waals surface area (Å²) in [6, 6.07) is 6.99. The number of hydrogen-bond donors (Lipinski definition) is 2. The number of carbonyl (C=O) groups is 2. The standard InChI is InChI=1S/C16H23NO3/c1-4-5-6-7-14(18)17-13-10-8-12(9-11-13)16(2,3)15(19)20/h8-11H,4-7H2,1-3H3,(H,17,18)(H,19,20). The van der Waals surface area contributed by atoms with Gasteiger partial charge in [0.2, 0.25) is 5.91 Å². The maximum absolute atomic E-state index is 11.7. The topological polar surface area (TPSA) is 66.4 Å². The summed E-state index contributed by atoms with van der Waals surface area (Å²) >= 11 is 0. The van der Waals surface area contributed by atoms with E-state index in [-0.39, 0.29) is 5.91 Å². The first-order valence-corrected chi connectivity index (χ1v) is 7.01. The number of amides is 1. The fourth-order valence-corrected chi connectivity index (χ4v) is 1.85. The molecule has 0 unspecified atom stereocenters. The van der Waals surface area contributed by atoms with Gasteiger partial charge in [0.15, 0.2) is 0 Å². The highest BCUT2D eigenvalue weighted by Gasteiger charge is 2.29. The Labute approximate surface area is 120 Å². The third kappa shape index (κ3) is 4.37. The van der Waals surface area contributed by atoms with Gasteiger partial charge >= 0.3 is 5.97 Å². The monoisotopic (exact) mass is 277 g/mol. The van der Waals surface area contributed by atoms with Crippen LogP contribution in [0.2, 0.25) is 0 Å². The molecule has 0 aliphatic rings. The molecule has 4 heteroatoms. The summed E-state index contributed by atoms with van der Waals surface area (Å²) in [6.45, 7) is 5.42. The molecule has 0 saturated heterocycles. The number of rotatable bonds is 7. The molecule has 1 amide bonds. The van der Waals surface area contributed by atoms with E-state index in [1.165, 1.54) is 0 Å². The summed E-state index contributed by atoms with van der Waals surface area (Å²) in [5.41, 5.74) is 0.495. The number of carboxylic acids is 1. The molecule has 0 aliphatic carbocycles. The van der Waals surface area contributed by atoms with Gasteiger partial charge in [-0.15, -0.1) is 0 Å². The Morgan fingerprint density at radius 3 is 2.25 bits per heavy atom. The second-order valence-electron chi connectivity index (χ2n) is 5.51. The minimum absolute atomic E-state index is 0.00342. The predicted octanol–water partition coefficient (Wildman–Crippen LogP) is 3.57. The molecular weight excluding hydrogens is 254 g/mol. The van der Waals surface area contributed by atoms with E-state index in [0.29, 0.717) is 17.7 Å². The van der Waals surface area contributed by atoms with Gasteiger partial charge in [-0.05, 0) is 38.0 Å². The molecule has 20 heavy (non-hydrogen) atoms. The van der Waals surface area contributed by atoms with Crippen molar-refractivity contribution in [3.63, 3.8) is 0 Å². The van der Waals surface area contributed by atoms with E-state index in [1.807, 2.05) is 0 Å². The summed E-state index contributed by atoms with van der Waals surface area (Å²) in [5, 5.41) is 12.0. The Hall–Kier alpha value is -1.84. The van der Waals surface area contributed by atoms with E-state index < -0.39 is 11.4 Å². The lowest BCUT2D eigenvalue weighted by Crippen LogP contribution is -2.28. The van der Waals surface area contributed by atoms with Gasteiger partial charge in [-0.3, -0.25) is 9.59 Å². The molecule has 4 nitrogen and oxygen atoms in total. The molecule has 1 rings (SSSR count). The van der Waals surface area contributed by atoms with Gasteiger partial charge in [-0.25, -0.2) is 0 Å². The van der Waals surface area contributed by atoms with Crippen molar-refractivity contribution >= 4 is 17.6 Å². The van der Waals surface area contributed by atoms with E-state index in [1.54, 1.807) is 38.1 Å². The molecule has 0 aromatic heterocycles. The van der Waals surface area contributed by atoms with Gasteiger partial charge < -0.3 is 10.4 Å². The molecule has 0 heterocycles. The Balaban J connectivity index is 2.63. The zero-order valence-corrected chi connectivity index (χ0v) is 12.4. The van der Waals surface area contributed by atoms with E-state index in [2.05, 4.69) is 12.2 Å². The molecule has 0 radical (unpaired) electrons. The van der Waals surface area contributed by atoms with Crippen LogP contribution in [0, 0.1) is 0 Å². The number of hydrogen-bond acceptors (Lipinski definition) is 2. The molecule has 0 saturated carbocycles. The van der Waals surface area contributed by atoms with Gasteiger partial charge in [0.05, 0.1) is 5.41 Å². The van der Waals surface area contributed by atoms with Crippen LogP contribution in [0.1, 0.15) is 52.0 Å². The third-order valence-corrected chi connectivity index (χ3v) is 3.43. The van der Waals surface area contributed by atoms with Crippen molar-refractivity contribution in [3.8, 4) is 0 Å². The van der Waals surface area contributed by atoms with Crippen LogP contribution in [0.25, 0.3) is 0 Å². The smallest absolute Gasteiger partial charge is 0.313 e. The maximum Gasteiger partial charge on any atom is 0.313 e. The molecule has 2 N–H and O–H groups in total. The average molecular weight is 277 g/mol. The molecule has 0 bridgehead atoms. The van der Waals surface area contributed by atoms with E-state index in [0.717, 1.165) is 19.3 Å². The van der Waals surface area contributed by atoms with Crippen LogP contribution in [0.15, 0.2) is 24.3 Å². The molecule has 0 spiro atoms. The summed E-state index contributed by atoms with van der Waals surface area (Å²) in [7, 11) is 0. The molecule has 0 atom stereocenters. The number of carbonyl (C=O) groups excluding carboxylic acids is 1. The van der Waals surface area contributed by atoms with E-state index in [4.69, 9.17) is 5.11 Å². The van der Waals surface area contributed by atoms with Crippen LogP contribution in [0.4, 0.5) is 5.69 Å². The lowest BCUT2D eigenvalue weighted by molar-refractivity contribution is -0.142. The van der Waals surface area contributed by atoms with E-state index >= 15 is 0 Å². The second-order valence-corrected chi connectivity index (χ2v) is 5.51. The minimum atomic E-state index is -0.927. The van der Waals surface area contributed by atoms with Crippen LogP contribution in [-0.2, 0) is 15.0 Å². The van der Waals surface area contributed by atoms with Crippen LogP contribution < -0.4 is 5.32 Å². The first-order valence-electron chi connectivity index (χ1n) is 7.01. The maximum atomic E-state index is 11.7. The zero-order chi connectivity index (χ0) is 15.2. The van der Waals surface area contributed by atoms with Crippen LogP contribution in [-0.4, -0.2) is 17.0 Å². The van der Waals surface area contributed by atoms with Crippen molar-refractivity contribution in [1.29, 1.82) is 0 Å². The van der Waals surface area contributed by atoms with E-state index in [9.17, 15) is 9.59 Å². The number of anilines is 1.